The average molecular weight is 347 g/mol. The fourth-order valence-electron chi connectivity index (χ4n) is 2.75. The molecule has 2 aromatic rings. The molecule has 1 fully saturated rings. The number of nitrogens with zero attached hydrogens (tertiary/aromatic N) is 2. The minimum atomic E-state index is -4.32. The van der Waals surface area contributed by atoms with Gasteiger partial charge in [0, 0.05) is 31.2 Å². The number of nitrogens with one attached hydrogen (secondary N) is 1. The maximum Gasteiger partial charge on any atom is 0.416 e. The number of benzene rings is 1. The second-order valence-electron chi connectivity index (χ2n) is 5.63. The Morgan fingerprint density at radius 1 is 1.26 bits per heavy atom. The van der Waals surface area contributed by atoms with Crippen molar-refractivity contribution >= 4 is 12.4 Å². The molecule has 1 aliphatic rings. The van der Waals surface area contributed by atoms with Gasteiger partial charge < -0.3 is 5.73 Å². The van der Waals surface area contributed by atoms with Crippen LogP contribution < -0.4 is 5.73 Å². The first-order valence-electron chi connectivity index (χ1n) is 7.11. The minimum Gasteiger partial charge on any atom is -0.326 e. The molecule has 126 valence electrons. The quantitative estimate of drug-likeness (QED) is 0.898. The van der Waals surface area contributed by atoms with Crippen LogP contribution in [-0.4, -0.2) is 34.2 Å². The summed E-state index contributed by atoms with van der Waals surface area (Å²) in [5.41, 5.74) is 7.66. The third kappa shape index (κ3) is 4.04. The molecule has 1 aromatic heterocycles. The number of alkyl halides is 3. The second kappa shape index (κ2) is 6.90. The molecule has 0 saturated carbocycles. The highest BCUT2D eigenvalue weighted by atomic mass is 35.5. The van der Waals surface area contributed by atoms with Gasteiger partial charge >= 0.3 is 6.18 Å². The van der Waals surface area contributed by atoms with Crippen LogP contribution in [0.2, 0.25) is 0 Å². The Kier molecular flexibility index (Phi) is 5.33. The van der Waals surface area contributed by atoms with Crippen molar-refractivity contribution in [2.75, 3.05) is 13.1 Å². The molecule has 1 aromatic carbocycles. The van der Waals surface area contributed by atoms with E-state index in [1.165, 1.54) is 12.1 Å². The van der Waals surface area contributed by atoms with Crippen LogP contribution in [0.4, 0.5) is 13.2 Å². The van der Waals surface area contributed by atoms with Gasteiger partial charge in [-0.05, 0) is 24.1 Å². The molecule has 0 radical (unpaired) electrons. The molecule has 0 amide bonds. The van der Waals surface area contributed by atoms with E-state index in [9.17, 15) is 13.2 Å². The summed E-state index contributed by atoms with van der Waals surface area (Å²) in [6, 6.07) is 5.31. The summed E-state index contributed by atoms with van der Waals surface area (Å²) < 4.78 is 37.8. The van der Waals surface area contributed by atoms with E-state index in [0.29, 0.717) is 12.1 Å². The number of rotatable bonds is 3. The molecule has 0 aliphatic carbocycles. The molecule has 0 spiro atoms. The highest BCUT2D eigenvalue weighted by Crippen LogP contribution is 2.31. The maximum absolute atomic E-state index is 12.6. The number of halogens is 4. The summed E-state index contributed by atoms with van der Waals surface area (Å²) in [4.78, 5) is 2.23. The molecule has 0 unspecified atom stereocenters. The molecule has 4 nitrogen and oxygen atoms in total. The van der Waals surface area contributed by atoms with E-state index in [1.54, 1.807) is 6.20 Å². The van der Waals surface area contributed by atoms with E-state index < -0.39 is 11.7 Å². The Bertz CT molecular complexity index is 639. The average Bonchev–Trinajstić information content (AvgIpc) is 3.08. The smallest absolute Gasteiger partial charge is 0.326 e. The Morgan fingerprint density at radius 3 is 2.52 bits per heavy atom. The Balaban J connectivity index is 0.00000192. The SMILES string of the molecule is Cl.N[C@@H]1CCN(Cc2cn[nH]c2-c2ccc(C(F)(F)F)cc2)C1. The van der Waals surface area contributed by atoms with E-state index in [2.05, 4.69) is 15.1 Å². The van der Waals surface area contributed by atoms with Gasteiger partial charge in [-0.2, -0.15) is 18.3 Å². The maximum atomic E-state index is 12.6. The number of hydrogen-bond acceptors (Lipinski definition) is 3. The predicted octanol–water partition coefficient (Wildman–Crippen LogP) is 3.05. The summed E-state index contributed by atoms with van der Waals surface area (Å²) >= 11 is 0. The van der Waals surface area contributed by atoms with Crippen molar-refractivity contribution in [2.24, 2.45) is 5.73 Å². The zero-order chi connectivity index (χ0) is 15.7. The normalized spacial score (nSPS) is 18.9. The number of aromatic nitrogens is 2. The zero-order valence-corrected chi connectivity index (χ0v) is 13.1. The zero-order valence-electron chi connectivity index (χ0n) is 12.3. The standard InChI is InChI=1S/C15H17F3N4.ClH/c16-15(17,18)12-3-1-10(2-4-12)14-11(7-20-21-14)8-22-6-5-13(19)9-22;/h1-4,7,13H,5-6,8-9,19H2,(H,20,21);1H/t13-;/m1./s1. The molecule has 8 heteroatoms. The largest absolute Gasteiger partial charge is 0.416 e. The van der Waals surface area contributed by atoms with E-state index in [1.807, 2.05) is 0 Å². The van der Waals surface area contributed by atoms with Crippen LogP contribution in [0.1, 0.15) is 17.5 Å². The topological polar surface area (TPSA) is 57.9 Å². The Hall–Kier alpha value is -1.57. The third-order valence-electron chi connectivity index (χ3n) is 3.92. The van der Waals surface area contributed by atoms with Gasteiger partial charge in [-0.1, -0.05) is 12.1 Å². The summed E-state index contributed by atoms with van der Waals surface area (Å²) in [5.74, 6) is 0. The minimum absolute atomic E-state index is 0. The first-order valence-corrected chi connectivity index (χ1v) is 7.11. The van der Waals surface area contributed by atoms with Gasteiger partial charge in [0.05, 0.1) is 17.5 Å². The lowest BCUT2D eigenvalue weighted by Gasteiger charge is -2.15. The number of aromatic amines is 1. The fourth-order valence-corrected chi connectivity index (χ4v) is 2.75. The molecule has 0 bridgehead atoms. The van der Waals surface area contributed by atoms with Crippen LogP contribution in [0.15, 0.2) is 30.5 Å². The lowest BCUT2D eigenvalue weighted by Crippen LogP contribution is -2.26. The Labute approximate surface area is 138 Å². The molecule has 1 atom stereocenters. The van der Waals surface area contributed by atoms with Gasteiger partial charge in [-0.25, -0.2) is 0 Å². The monoisotopic (exact) mass is 346 g/mol. The molecule has 3 rings (SSSR count). The highest BCUT2D eigenvalue weighted by Gasteiger charge is 2.30. The number of nitrogens with two attached hydrogens (primary N) is 1. The second-order valence-corrected chi connectivity index (χ2v) is 5.63. The van der Waals surface area contributed by atoms with Gasteiger partial charge in [0.15, 0.2) is 0 Å². The van der Waals surface area contributed by atoms with E-state index in [-0.39, 0.29) is 18.4 Å². The van der Waals surface area contributed by atoms with E-state index in [0.717, 1.165) is 42.9 Å². The Morgan fingerprint density at radius 2 is 1.96 bits per heavy atom. The van der Waals surface area contributed by atoms with Crippen LogP contribution in [0.3, 0.4) is 0 Å². The van der Waals surface area contributed by atoms with Crippen molar-refractivity contribution < 1.29 is 13.2 Å². The van der Waals surface area contributed by atoms with Gasteiger partial charge in [-0.3, -0.25) is 10.00 Å². The van der Waals surface area contributed by atoms with Crippen LogP contribution in [0, 0.1) is 0 Å². The molecule has 1 aliphatic heterocycles. The van der Waals surface area contributed by atoms with E-state index in [4.69, 9.17) is 5.73 Å². The summed E-state index contributed by atoms with van der Waals surface area (Å²) in [7, 11) is 0. The van der Waals surface area contributed by atoms with Gasteiger partial charge in [0.25, 0.3) is 0 Å². The van der Waals surface area contributed by atoms with Crippen molar-refractivity contribution in [2.45, 2.75) is 25.2 Å². The van der Waals surface area contributed by atoms with Crippen LogP contribution >= 0.6 is 12.4 Å². The first-order chi connectivity index (χ1) is 10.4. The number of hydrogen-bond donors (Lipinski definition) is 2. The predicted molar refractivity (Wildman–Crippen MR) is 84.1 cm³/mol. The van der Waals surface area contributed by atoms with E-state index >= 15 is 0 Å². The lowest BCUT2D eigenvalue weighted by atomic mass is 10.1. The molecule has 3 N–H and O–H groups in total. The highest BCUT2D eigenvalue weighted by molar-refractivity contribution is 5.85. The van der Waals surface area contributed by atoms with Crippen LogP contribution in [0.25, 0.3) is 11.3 Å². The molecule has 1 saturated heterocycles. The van der Waals surface area contributed by atoms with Gasteiger partial charge in [0.1, 0.15) is 0 Å². The summed E-state index contributed by atoms with van der Waals surface area (Å²) in [5, 5.41) is 6.90. The first kappa shape index (κ1) is 17.8. The van der Waals surface area contributed by atoms with Crippen molar-refractivity contribution in [1.82, 2.24) is 15.1 Å². The summed E-state index contributed by atoms with van der Waals surface area (Å²) in [6.07, 6.45) is -1.63. The van der Waals surface area contributed by atoms with Gasteiger partial charge in [0.2, 0.25) is 0 Å². The van der Waals surface area contributed by atoms with Crippen molar-refractivity contribution in [3.63, 3.8) is 0 Å². The molecule has 23 heavy (non-hydrogen) atoms. The molecular weight excluding hydrogens is 329 g/mol. The van der Waals surface area contributed by atoms with Crippen LogP contribution in [-0.2, 0) is 12.7 Å². The van der Waals surface area contributed by atoms with Crippen molar-refractivity contribution in [1.29, 1.82) is 0 Å². The van der Waals surface area contributed by atoms with Gasteiger partial charge in [-0.15, -0.1) is 12.4 Å². The van der Waals surface area contributed by atoms with Crippen LogP contribution in [0.5, 0.6) is 0 Å². The number of H-pyrrole nitrogens is 1. The van der Waals surface area contributed by atoms with Crippen molar-refractivity contribution in [3.8, 4) is 11.3 Å². The molecule has 2 heterocycles. The lowest BCUT2D eigenvalue weighted by molar-refractivity contribution is -0.137. The number of likely N-dealkylation sites (tertiary alicyclic amines) is 1. The summed E-state index contributed by atoms with van der Waals surface area (Å²) in [6.45, 7) is 2.46. The van der Waals surface area contributed by atoms with Crippen molar-refractivity contribution in [3.05, 3.63) is 41.6 Å². The molecular formula is C15H18ClF3N4. The third-order valence-corrected chi connectivity index (χ3v) is 3.92. The fraction of sp³-hybridized carbons (Fsp3) is 0.400.